The van der Waals surface area contributed by atoms with Crippen molar-refractivity contribution in [3.63, 3.8) is 0 Å². The first-order valence-corrected chi connectivity index (χ1v) is 11.6. The van der Waals surface area contributed by atoms with Crippen LogP contribution >= 0.6 is 0 Å². The SMILES string of the molecule is CC1CN(C(=O)CCC(=O)NCc2cccc(C(F)(F)F)c2)C(c2ccccc2)c2ccccc21. The van der Waals surface area contributed by atoms with Crippen LogP contribution in [0.2, 0.25) is 0 Å². The van der Waals surface area contributed by atoms with Gasteiger partial charge < -0.3 is 10.2 Å². The van der Waals surface area contributed by atoms with Crippen molar-refractivity contribution in [2.45, 2.75) is 44.4 Å². The van der Waals surface area contributed by atoms with Gasteiger partial charge in [0.15, 0.2) is 0 Å². The molecule has 3 aromatic carbocycles. The van der Waals surface area contributed by atoms with Crippen LogP contribution in [0.25, 0.3) is 0 Å². The first-order chi connectivity index (χ1) is 16.7. The lowest BCUT2D eigenvalue weighted by Gasteiger charge is -2.40. The van der Waals surface area contributed by atoms with Crippen LogP contribution < -0.4 is 5.32 Å². The predicted molar refractivity (Wildman–Crippen MR) is 127 cm³/mol. The number of hydrogen-bond donors (Lipinski definition) is 1. The molecule has 0 saturated carbocycles. The number of rotatable bonds is 6. The van der Waals surface area contributed by atoms with E-state index < -0.39 is 11.7 Å². The van der Waals surface area contributed by atoms with Gasteiger partial charge in [0.1, 0.15) is 0 Å². The fourth-order valence-corrected chi connectivity index (χ4v) is 4.63. The van der Waals surface area contributed by atoms with Gasteiger partial charge in [0.05, 0.1) is 11.6 Å². The van der Waals surface area contributed by atoms with Gasteiger partial charge in [-0.25, -0.2) is 0 Å². The standard InChI is InChI=1S/C28H27F3N2O2/c1-19-18-33(27(21-9-3-2-4-10-21)24-13-6-5-12-23(19)24)26(35)15-14-25(34)32-17-20-8-7-11-22(16-20)28(29,30)31/h2-13,16,19,27H,14-15,17-18H2,1H3,(H,32,34). The fraction of sp³-hybridized carbons (Fsp3) is 0.286. The highest BCUT2D eigenvalue weighted by Crippen LogP contribution is 2.40. The maximum atomic E-state index is 13.3. The van der Waals surface area contributed by atoms with Gasteiger partial charge in [-0.1, -0.05) is 73.7 Å². The fourth-order valence-electron chi connectivity index (χ4n) is 4.63. The highest BCUT2D eigenvalue weighted by Gasteiger charge is 2.35. The van der Waals surface area contributed by atoms with Gasteiger partial charge in [-0.05, 0) is 40.3 Å². The molecular weight excluding hydrogens is 453 g/mol. The number of alkyl halides is 3. The van der Waals surface area contributed by atoms with Crippen molar-refractivity contribution in [2.75, 3.05) is 6.54 Å². The van der Waals surface area contributed by atoms with Crippen LogP contribution in [0, 0.1) is 0 Å². The van der Waals surface area contributed by atoms with E-state index in [-0.39, 0.29) is 43.2 Å². The predicted octanol–water partition coefficient (Wildman–Crippen LogP) is 5.84. The molecule has 1 N–H and O–H groups in total. The van der Waals surface area contributed by atoms with E-state index in [1.807, 2.05) is 53.4 Å². The third-order valence-electron chi connectivity index (χ3n) is 6.35. The molecule has 1 aliphatic heterocycles. The Kier molecular flexibility index (Phi) is 7.24. The van der Waals surface area contributed by atoms with E-state index in [4.69, 9.17) is 0 Å². The summed E-state index contributed by atoms with van der Waals surface area (Å²) in [6.45, 7) is 2.60. The molecule has 0 aromatic heterocycles. The second-order valence-electron chi connectivity index (χ2n) is 8.86. The first-order valence-electron chi connectivity index (χ1n) is 11.6. The topological polar surface area (TPSA) is 49.4 Å². The molecule has 1 aliphatic rings. The summed E-state index contributed by atoms with van der Waals surface area (Å²) in [6, 6.07) is 22.5. The van der Waals surface area contributed by atoms with Gasteiger partial charge in [-0.15, -0.1) is 0 Å². The maximum absolute atomic E-state index is 13.3. The van der Waals surface area contributed by atoms with Gasteiger partial charge in [-0.2, -0.15) is 13.2 Å². The minimum atomic E-state index is -4.44. The molecule has 0 bridgehead atoms. The molecule has 0 radical (unpaired) electrons. The van der Waals surface area contributed by atoms with Gasteiger partial charge >= 0.3 is 6.18 Å². The van der Waals surface area contributed by atoms with Crippen molar-refractivity contribution < 1.29 is 22.8 Å². The molecule has 4 rings (SSSR count). The Morgan fingerprint density at radius 1 is 0.914 bits per heavy atom. The van der Waals surface area contributed by atoms with Crippen LogP contribution in [-0.4, -0.2) is 23.3 Å². The molecule has 0 fully saturated rings. The van der Waals surface area contributed by atoms with Crippen LogP contribution in [0.15, 0.2) is 78.9 Å². The average molecular weight is 481 g/mol. The molecule has 35 heavy (non-hydrogen) atoms. The largest absolute Gasteiger partial charge is 0.416 e. The lowest BCUT2D eigenvalue weighted by molar-refractivity contribution is -0.137. The Morgan fingerprint density at radius 2 is 1.60 bits per heavy atom. The van der Waals surface area contributed by atoms with Crippen molar-refractivity contribution in [3.8, 4) is 0 Å². The summed E-state index contributed by atoms with van der Waals surface area (Å²) in [7, 11) is 0. The zero-order valence-electron chi connectivity index (χ0n) is 19.4. The molecule has 7 heteroatoms. The van der Waals surface area contributed by atoms with E-state index in [9.17, 15) is 22.8 Å². The van der Waals surface area contributed by atoms with Gasteiger partial charge in [0.2, 0.25) is 11.8 Å². The average Bonchev–Trinajstić information content (AvgIpc) is 2.86. The van der Waals surface area contributed by atoms with Gasteiger partial charge in [-0.3, -0.25) is 9.59 Å². The van der Waals surface area contributed by atoms with Crippen molar-refractivity contribution in [2.24, 2.45) is 0 Å². The third kappa shape index (κ3) is 5.73. The number of amides is 2. The molecule has 0 saturated heterocycles. The second kappa shape index (κ2) is 10.3. The summed E-state index contributed by atoms with van der Waals surface area (Å²) in [6.07, 6.45) is -4.45. The number of halogens is 3. The molecule has 0 aliphatic carbocycles. The molecule has 2 amide bonds. The molecule has 2 atom stereocenters. The molecule has 2 unspecified atom stereocenters. The zero-order chi connectivity index (χ0) is 25.0. The Morgan fingerprint density at radius 3 is 2.31 bits per heavy atom. The van der Waals surface area contributed by atoms with E-state index in [1.165, 1.54) is 17.7 Å². The lowest BCUT2D eigenvalue weighted by atomic mass is 9.83. The minimum absolute atomic E-state index is 0.0205. The van der Waals surface area contributed by atoms with E-state index in [0.717, 1.165) is 23.3 Å². The number of benzene rings is 3. The Hall–Kier alpha value is -3.61. The van der Waals surface area contributed by atoms with Crippen molar-refractivity contribution in [1.82, 2.24) is 10.2 Å². The lowest BCUT2D eigenvalue weighted by Crippen LogP contribution is -2.42. The summed E-state index contributed by atoms with van der Waals surface area (Å²) < 4.78 is 38.7. The van der Waals surface area contributed by atoms with Crippen LogP contribution in [0.4, 0.5) is 13.2 Å². The molecule has 3 aromatic rings. The normalized spacial score (nSPS) is 17.5. The Bertz CT molecular complexity index is 1190. The number of fused-ring (bicyclic) bond motifs is 1. The van der Waals surface area contributed by atoms with Crippen LogP contribution in [0.5, 0.6) is 0 Å². The Balaban J connectivity index is 1.42. The van der Waals surface area contributed by atoms with Crippen molar-refractivity contribution in [3.05, 3.63) is 107 Å². The third-order valence-corrected chi connectivity index (χ3v) is 6.35. The number of carbonyl (C=O) groups excluding carboxylic acids is 2. The monoisotopic (exact) mass is 480 g/mol. The van der Waals surface area contributed by atoms with Gasteiger partial charge in [0, 0.05) is 25.9 Å². The Labute approximate surface area is 202 Å². The molecule has 182 valence electrons. The van der Waals surface area contributed by atoms with Crippen LogP contribution in [-0.2, 0) is 22.3 Å². The zero-order valence-corrected chi connectivity index (χ0v) is 19.4. The van der Waals surface area contributed by atoms with E-state index in [1.54, 1.807) is 0 Å². The summed E-state index contributed by atoms with van der Waals surface area (Å²) in [5, 5.41) is 2.63. The first kappa shape index (κ1) is 24.5. The number of carbonyl (C=O) groups is 2. The molecule has 1 heterocycles. The smallest absolute Gasteiger partial charge is 0.352 e. The molecular formula is C28H27F3N2O2. The molecule has 4 nitrogen and oxygen atoms in total. The highest BCUT2D eigenvalue weighted by molar-refractivity contribution is 5.84. The highest BCUT2D eigenvalue weighted by atomic mass is 19.4. The second-order valence-corrected chi connectivity index (χ2v) is 8.86. The van der Waals surface area contributed by atoms with Crippen molar-refractivity contribution in [1.29, 1.82) is 0 Å². The number of hydrogen-bond acceptors (Lipinski definition) is 2. The molecule has 0 spiro atoms. The van der Waals surface area contributed by atoms with E-state index >= 15 is 0 Å². The number of nitrogens with one attached hydrogen (secondary N) is 1. The van der Waals surface area contributed by atoms with E-state index in [0.29, 0.717) is 12.1 Å². The quantitative estimate of drug-likeness (QED) is 0.482. The summed E-state index contributed by atoms with van der Waals surface area (Å²) in [5.74, 6) is -0.350. The minimum Gasteiger partial charge on any atom is -0.352 e. The van der Waals surface area contributed by atoms with Crippen LogP contribution in [0.1, 0.15) is 59.5 Å². The van der Waals surface area contributed by atoms with Crippen LogP contribution in [0.3, 0.4) is 0 Å². The van der Waals surface area contributed by atoms with E-state index in [2.05, 4.69) is 18.3 Å². The van der Waals surface area contributed by atoms with Gasteiger partial charge in [0.25, 0.3) is 0 Å². The summed E-state index contributed by atoms with van der Waals surface area (Å²) >= 11 is 0. The van der Waals surface area contributed by atoms with Crippen molar-refractivity contribution >= 4 is 11.8 Å². The summed E-state index contributed by atoms with van der Waals surface area (Å²) in [4.78, 5) is 27.5. The maximum Gasteiger partial charge on any atom is 0.416 e. The number of nitrogens with zero attached hydrogens (tertiary/aromatic N) is 1. The summed E-state index contributed by atoms with van der Waals surface area (Å²) in [5.41, 5.74) is 2.90.